The van der Waals surface area contributed by atoms with Gasteiger partial charge in [-0.25, -0.2) is 4.98 Å². The van der Waals surface area contributed by atoms with Crippen molar-refractivity contribution in [3.8, 4) is 51.0 Å². The van der Waals surface area contributed by atoms with Crippen molar-refractivity contribution in [2.45, 2.75) is 12.8 Å². The molecule has 6 aromatic carbocycles. The monoisotopic (exact) mass is 642 g/mol. The molecule has 0 saturated carbocycles. The topological polar surface area (TPSA) is 56.7 Å². The van der Waals surface area contributed by atoms with Crippen LogP contribution >= 0.6 is 0 Å². The Bertz CT molecular complexity index is 2690. The minimum absolute atomic E-state index is 0.628. The van der Waals surface area contributed by atoms with E-state index in [0.717, 1.165) is 73.7 Å². The Morgan fingerprint density at radius 1 is 0.500 bits per heavy atom. The first-order chi connectivity index (χ1) is 24.8. The average Bonchev–Trinajstić information content (AvgIpc) is 3.73. The van der Waals surface area contributed by atoms with E-state index in [1.807, 2.05) is 48.5 Å². The molecule has 0 radical (unpaired) electrons. The van der Waals surface area contributed by atoms with Gasteiger partial charge in [0.15, 0.2) is 11.6 Å². The van der Waals surface area contributed by atoms with Gasteiger partial charge in [-0.05, 0) is 65.4 Å². The molecule has 0 aliphatic heterocycles. The van der Waals surface area contributed by atoms with Crippen molar-refractivity contribution in [3.05, 3.63) is 163 Å². The Labute approximate surface area is 288 Å². The van der Waals surface area contributed by atoms with Gasteiger partial charge < -0.3 is 4.42 Å². The maximum Gasteiger partial charge on any atom is 0.238 e. The Kier molecular flexibility index (Phi) is 6.56. The van der Waals surface area contributed by atoms with Gasteiger partial charge in [-0.1, -0.05) is 127 Å². The molecule has 0 fully saturated rings. The summed E-state index contributed by atoms with van der Waals surface area (Å²) in [5, 5.41) is 3.41. The number of para-hydroxylation sites is 1. The molecule has 0 amide bonds. The second kappa shape index (κ2) is 11.5. The number of rotatable bonds is 5. The van der Waals surface area contributed by atoms with Crippen LogP contribution in [0.5, 0.6) is 0 Å². The lowest BCUT2D eigenvalue weighted by molar-refractivity contribution is 0.669. The molecule has 1 aliphatic carbocycles. The van der Waals surface area contributed by atoms with Gasteiger partial charge in [-0.2, -0.15) is 9.97 Å². The van der Waals surface area contributed by atoms with Crippen LogP contribution in [0, 0.1) is 0 Å². The Hall–Kier alpha value is -6.59. The summed E-state index contributed by atoms with van der Waals surface area (Å²) in [6, 6.07) is 50.5. The van der Waals surface area contributed by atoms with Gasteiger partial charge in [-0.15, -0.1) is 0 Å². The minimum Gasteiger partial charge on any atom is -0.456 e. The van der Waals surface area contributed by atoms with Crippen LogP contribution in [0.15, 0.2) is 156 Å². The summed E-state index contributed by atoms with van der Waals surface area (Å²) in [6.45, 7) is 0. The highest BCUT2D eigenvalue weighted by molar-refractivity contribution is 6.09. The first kappa shape index (κ1) is 28.4. The third-order valence-electron chi connectivity index (χ3n) is 9.74. The van der Waals surface area contributed by atoms with Crippen molar-refractivity contribution in [1.82, 2.24) is 19.5 Å². The summed E-state index contributed by atoms with van der Waals surface area (Å²) < 4.78 is 8.61. The van der Waals surface area contributed by atoms with Crippen LogP contribution in [0.3, 0.4) is 0 Å². The zero-order chi connectivity index (χ0) is 33.0. The lowest BCUT2D eigenvalue weighted by atomic mass is 9.91. The molecule has 0 bridgehead atoms. The second-order valence-corrected chi connectivity index (χ2v) is 12.7. The predicted octanol–water partition coefficient (Wildman–Crippen LogP) is 11.3. The summed E-state index contributed by atoms with van der Waals surface area (Å²) in [5.74, 6) is 1.94. The molecule has 0 atom stereocenters. The number of benzene rings is 6. The highest BCUT2D eigenvalue weighted by Crippen LogP contribution is 2.42. The van der Waals surface area contributed by atoms with Crippen LogP contribution in [-0.2, 0) is 6.42 Å². The summed E-state index contributed by atoms with van der Waals surface area (Å²) in [6.07, 6.45) is 6.39. The molecule has 0 N–H and O–H groups in total. The highest BCUT2D eigenvalue weighted by Gasteiger charge is 2.23. The van der Waals surface area contributed by atoms with E-state index >= 15 is 0 Å². The summed E-state index contributed by atoms with van der Waals surface area (Å²) in [5.41, 5.74) is 11.8. The van der Waals surface area contributed by atoms with Gasteiger partial charge in [0.1, 0.15) is 11.2 Å². The summed E-state index contributed by atoms with van der Waals surface area (Å²) in [4.78, 5) is 15.2. The van der Waals surface area contributed by atoms with E-state index in [4.69, 9.17) is 19.4 Å². The molecule has 5 nitrogen and oxygen atoms in total. The molecule has 9 aromatic rings. The molecule has 3 heterocycles. The fraction of sp³-hybridized carbons (Fsp3) is 0.0444. The van der Waals surface area contributed by atoms with Crippen molar-refractivity contribution in [2.24, 2.45) is 0 Å². The average molecular weight is 643 g/mol. The largest absolute Gasteiger partial charge is 0.456 e. The molecular formula is C45H30N4O. The number of nitrogens with zero attached hydrogens (tertiary/aromatic N) is 4. The van der Waals surface area contributed by atoms with Crippen molar-refractivity contribution < 1.29 is 4.42 Å². The van der Waals surface area contributed by atoms with Gasteiger partial charge in [-0.3, -0.25) is 4.57 Å². The van der Waals surface area contributed by atoms with Crippen LogP contribution in [-0.4, -0.2) is 19.5 Å². The highest BCUT2D eigenvalue weighted by atomic mass is 16.3. The van der Waals surface area contributed by atoms with E-state index < -0.39 is 0 Å². The standard InChI is InChI=1S/C45H30N4O/c1-4-14-29(15-5-1)36-28-42-38(34-21-11-13-23-41(34)50-42)27-35(36)32-24-25-40-37(26-32)33-20-10-12-22-39(33)49(40)45-47-43(30-16-6-2-7-17-30)46-44(48-45)31-18-8-3-9-19-31/h1-11,13-21,23-28H,12,22H2. The fourth-order valence-electron chi connectivity index (χ4n) is 7.38. The molecule has 0 spiro atoms. The van der Waals surface area contributed by atoms with E-state index in [9.17, 15) is 0 Å². The number of hydrogen-bond donors (Lipinski definition) is 0. The third-order valence-corrected chi connectivity index (χ3v) is 9.74. The second-order valence-electron chi connectivity index (χ2n) is 12.7. The van der Waals surface area contributed by atoms with Crippen LogP contribution in [0.2, 0.25) is 0 Å². The number of fused-ring (bicyclic) bond motifs is 6. The van der Waals surface area contributed by atoms with Crippen molar-refractivity contribution >= 4 is 38.9 Å². The number of hydrogen-bond acceptors (Lipinski definition) is 4. The quantitative estimate of drug-likeness (QED) is 0.187. The summed E-state index contributed by atoms with van der Waals surface area (Å²) >= 11 is 0. The SMILES string of the molecule is C1=Cc2c(n(-c3nc(-c4ccccc4)nc(-c4ccccc4)n3)c3ccc(-c4cc5c(cc4-c4ccccc4)oc4ccccc45)cc23)CC1. The van der Waals surface area contributed by atoms with Gasteiger partial charge >= 0.3 is 0 Å². The number of aromatic nitrogens is 4. The maximum absolute atomic E-state index is 6.35. The van der Waals surface area contributed by atoms with E-state index in [0.29, 0.717) is 17.6 Å². The zero-order valence-corrected chi connectivity index (χ0v) is 27.1. The summed E-state index contributed by atoms with van der Waals surface area (Å²) in [7, 11) is 0. The minimum atomic E-state index is 0.628. The van der Waals surface area contributed by atoms with Crippen LogP contribution in [0.25, 0.3) is 89.9 Å². The Morgan fingerprint density at radius 3 is 1.86 bits per heavy atom. The van der Waals surface area contributed by atoms with Gasteiger partial charge in [0.05, 0.1) is 5.52 Å². The van der Waals surface area contributed by atoms with Crippen molar-refractivity contribution in [3.63, 3.8) is 0 Å². The lowest BCUT2D eigenvalue weighted by Crippen LogP contribution is -2.10. The van der Waals surface area contributed by atoms with E-state index in [-0.39, 0.29) is 0 Å². The molecule has 0 saturated heterocycles. The maximum atomic E-state index is 6.35. The molecular weight excluding hydrogens is 613 g/mol. The van der Waals surface area contributed by atoms with Crippen LogP contribution in [0.4, 0.5) is 0 Å². The van der Waals surface area contributed by atoms with Crippen LogP contribution < -0.4 is 0 Å². The van der Waals surface area contributed by atoms with E-state index in [1.54, 1.807) is 0 Å². The molecule has 10 rings (SSSR count). The smallest absolute Gasteiger partial charge is 0.238 e. The molecule has 236 valence electrons. The molecule has 5 heteroatoms. The van der Waals surface area contributed by atoms with Crippen molar-refractivity contribution in [2.75, 3.05) is 0 Å². The molecule has 1 aliphatic rings. The molecule has 50 heavy (non-hydrogen) atoms. The Balaban J connectivity index is 1.22. The predicted molar refractivity (Wildman–Crippen MR) is 203 cm³/mol. The van der Waals surface area contributed by atoms with Crippen molar-refractivity contribution in [1.29, 1.82) is 0 Å². The Morgan fingerprint density at radius 2 is 1.14 bits per heavy atom. The first-order valence-corrected chi connectivity index (χ1v) is 17.0. The third kappa shape index (κ3) is 4.66. The van der Waals surface area contributed by atoms with E-state index in [2.05, 4.69) is 114 Å². The van der Waals surface area contributed by atoms with Gasteiger partial charge in [0.25, 0.3) is 0 Å². The number of furan rings is 1. The number of allylic oxidation sites excluding steroid dienone is 1. The molecule has 3 aromatic heterocycles. The van der Waals surface area contributed by atoms with Crippen LogP contribution in [0.1, 0.15) is 17.7 Å². The normalized spacial score (nSPS) is 12.6. The zero-order valence-electron chi connectivity index (χ0n) is 27.1. The first-order valence-electron chi connectivity index (χ1n) is 17.0. The fourth-order valence-corrected chi connectivity index (χ4v) is 7.38. The van der Waals surface area contributed by atoms with Gasteiger partial charge in [0.2, 0.25) is 5.95 Å². The van der Waals surface area contributed by atoms with E-state index in [1.165, 1.54) is 16.6 Å². The lowest BCUT2D eigenvalue weighted by Gasteiger charge is -2.14. The van der Waals surface area contributed by atoms with Gasteiger partial charge in [0, 0.05) is 38.5 Å². The molecule has 0 unspecified atom stereocenters.